The number of hydrogen-bond acceptors (Lipinski definition) is 5. The highest BCUT2D eigenvalue weighted by Crippen LogP contribution is 2.29. The Bertz CT molecular complexity index is 973. The summed E-state index contributed by atoms with van der Waals surface area (Å²) in [5, 5.41) is 2.78. The van der Waals surface area contributed by atoms with Crippen LogP contribution in [0.25, 0.3) is 0 Å². The second-order valence-corrected chi connectivity index (χ2v) is 9.09. The van der Waals surface area contributed by atoms with Crippen LogP contribution in [-0.2, 0) is 27.8 Å². The number of carbonyl (C=O) groups excluding carboxylic acids is 1. The first-order valence-electron chi connectivity index (χ1n) is 9.81. The number of para-hydroxylation sites is 1. The molecule has 164 valence electrons. The van der Waals surface area contributed by atoms with E-state index in [9.17, 15) is 13.2 Å². The summed E-state index contributed by atoms with van der Waals surface area (Å²) in [5.41, 5.74) is 2.20. The number of methoxy groups -OCH3 is 1. The number of anilines is 1. The summed E-state index contributed by atoms with van der Waals surface area (Å²) < 4.78 is 36.9. The van der Waals surface area contributed by atoms with Gasteiger partial charge in [0.15, 0.2) is 11.5 Å². The predicted molar refractivity (Wildman–Crippen MR) is 119 cm³/mol. The smallest absolute Gasteiger partial charge is 0.241 e. The van der Waals surface area contributed by atoms with Crippen molar-refractivity contribution in [3.05, 3.63) is 53.6 Å². The third-order valence-corrected chi connectivity index (χ3v) is 5.54. The SMILES string of the molecule is CCc1ccccc1N(CC(=O)NCc1ccc(OC(C)C)c(OC)c1)S(C)(=O)=O. The lowest BCUT2D eigenvalue weighted by Gasteiger charge is -2.24. The van der Waals surface area contributed by atoms with Gasteiger partial charge in [0.05, 0.1) is 25.2 Å². The Morgan fingerprint density at radius 1 is 1.13 bits per heavy atom. The van der Waals surface area contributed by atoms with Crippen LogP contribution in [0.3, 0.4) is 0 Å². The fourth-order valence-electron chi connectivity index (χ4n) is 2.99. The molecular formula is C22H30N2O5S. The molecule has 0 aliphatic heterocycles. The molecule has 0 heterocycles. The average Bonchev–Trinajstić information content (AvgIpc) is 2.70. The van der Waals surface area contributed by atoms with E-state index in [0.29, 0.717) is 23.6 Å². The third kappa shape index (κ3) is 6.38. The van der Waals surface area contributed by atoms with Crippen LogP contribution < -0.4 is 19.1 Å². The molecule has 0 atom stereocenters. The van der Waals surface area contributed by atoms with Gasteiger partial charge in [0.2, 0.25) is 15.9 Å². The number of amides is 1. The van der Waals surface area contributed by atoms with Crippen molar-refractivity contribution in [1.29, 1.82) is 0 Å². The van der Waals surface area contributed by atoms with Gasteiger partial charge in [-0.25, -0.2) is 8.42 Å². The normalized spacial score (nSPS) is 11.3. The van der Waals surface area contributed by atoms with E-state index < -0.39 is 15.9 Å². The predicted octanol–water partition coefficient (Wildman–Crippen LogP) is 3.13. The molecule has 0 aliphatic rings. The number of nitrogens with one attached hydrogen (secondary N) is 1. The van der Waals surface area contributed by atoms with Crippen LogP contribution in [0, 0.1) is 0 Å². The molecule has 1 N–H and O–H groups in total. The van der Waals surface area contributed by atoms with Gasteiger partial charge in [0, 0.05) is 6.54 Å². The zero-order chi connectivity index (χ0) is 22.3. The number of nitrogens with zero attached hydrogens (tertiary/aromatic N) is 1. The first-order valence-corrected chi connectivity index (χ1v) is 11.7. The molecule has 0 radical (unpaired) electrons. The first kappa shape index (κ1) is 23.5. The molecule has 0 unspecified atom stereocenters. The monoisotopic (exact) mass is 434 g/mol. The van der Waals surface area contributed by atoms with Crippen LogP contribution in [0.5, 0.6) is 11.5 Å². The summed E-state index contributed by atoms with van der Waals surface area (Å²) in [6.45, 7) is 5.75. The fraction of sp³-hybridized carbons (Fsp3) is 0.409. The van der Waals surface area contributed by atoms with Gasteiger partial charge in [-0.05, 0) is 49.6 Å². The van der Waals surface area contributed by atoms with Gasteiger partial charge in [-0.1, -0.05) is 31.2 Å². The maximum absolute atomic E-state index is 12.5. The Kier molecular flexibility index (Phi) is 8.11. The first-order chi connectivity index (χ1) is 14.2. The Labute approximate surface area is 179 Å². The minimum absolute atomic E-state index is 0.0115. The second-order valence-electron chi connectivity index (χ2n) is 7.18. The van der Waals surface area contributed by atoms with E-state index in [1.807, 2.05) is 39.0 Å². The van der Waals surface area contributed by atoms with Crippen LogP contribution in [0.1, 0.15) is 31.9 Å². The van der Waals surface area contributed by atoms with E-state index in [4.69, 9.17) is 9.47 Å². The van der Waals surface area contributed by atoms with E-state index in [-0.39, 0.29) is 19.2 Å². The highest BCUT2D eigenvalue weighted by Gasteiger charge is 2.22. The van der Waals surface area contributed by atoms with Gasteiger partial charge in [-0.15, -0.1) is 0 Å². The minimum atomic E-state index is -3.62. The van der Waals surface area contributed by atoms with Gasteiger partial charge >= 0.3 is 0 Å². The maximum atomic E-state index is 12.5. The largest absolute Gasteiger partial charge is 0.493 e. The number of benzene rings is 2. The maximum Gasteiger partial charge on any atom is 0.241 e. The Hall–Kier alpha value is -2.74. The van der Waals surface area contributed by atoms with E-state index in [0.717, 1.165) is 21.7 Å². The molecule has 0 saturated carbocycles. The summed E-state index contributed by atoms with van der Waals surface area (Å²) in [5.74, 6) is 0.805. The average molecular weight is 435 g/mol. The quantitative estimate of drug-likeness (QED) is 0.621. The van der Waals surface area contributed by atoms with E-state index >= 15 is 0 Å². The summed E-state index contributed by atoms with van der Waals surface area (Å²) in [4.78, 5) is 12.5. The standard InChI is InChI=1S/C22H30N2O5S/c1-6-18-9-7-8-10-19(18)24(30(5,26)27)15-22(25)23-14-17-11-12-20(29-16(2)3)21(13-17)28-4/h7-13,16H,6,14-15H2,1-5H3,(H,23,25). The number of carbonyl (C=O) groups is 1. The van der Waals surface area contributed by atoms with Crippen molar-refractivity contribution in [2.24, 2.45) is 0 Å². The number of aryl methyl sites for hydroxylation is 1. The molecule has 30 heavy (non-hydrogen) atoms. The molecular weight excluding hydrogens is 404 g/mol. The van der Waals surface area contributed by atoms with E-state index in [2.05, 4.69) is 5.32 Å². The van der Waals surface area contributed by atoms with Gasteiger partial charge in [-0.3, -0.25) is 9.10 Å². The molecule has 1 amide bonds. The summed E-state index contributed by atoms with van der Waals surface area (Å²) in [7, 11) is -2.06. The zero-order valence-electron chi connectivity index (χ0n) is 18.1. The molecule has 0 aliphatic carbocycles. The van der Waals surface area contributed by atoms with Crippen LogP contribution in [0.2, 0.25) is 0 Å². The Morgan fingerprint density at radius 3 is 2.43 bits per heavy atom. The molecule has 7 nitrogen and oxygen atoms in total. The van der Waals surface area contributed by atoms with Crippen LogP contribution in [0.4, 0.5) is 5.69 Å². The summed E-state index contributed by atoms with van der Waals surface area (Å²) in [6.07, 6.45) is 1.77. The van der Waals surface area contributed by atoms with Crippen LogP contribution >= 0.6 is 0 Å². The van der Waals surface area contributed by atoms with Crippen LogP contribution in [-0.4, -0.2) is 40.3 Å². The Morgan fingerprint density at radius 2 is 1.83 bits per heavy atom. The third-order valence-electron chi connectivity index (χ3n) is 4.41. The highest BCUT2D eigenvalue weighted by atomic mass is 32.2. The highest BCUT2D eigenvalue weighted by molar-refractivity contribution is 7.92. The summed E-state index contributed by atoms with van der Waals surface area (Å²) >= 11 is 0. The molecule has 0 saturated heterocycles. The molecule has 0 fully saturated rings. The lowest BCUT2D eigenvalue weighted by atomic mass is 10.1. The van der Waals surface area contributed by atoms with Crippen molar-refractivity contribution < 1.29 is 22.7 Å². The topological polar surface area (TPSA) is 84.9 Å². The van der Waals surface area contributed by atoms with E-state index in [1.165, 1.54) is 0 Å². The fourth-order valence-corrected chi connectivity index (χ4v) is 3.88. The van der Waals surface area contributed by atoms with Crippen LogP contribution in [0.15, 0.2) is 42.5 Å². The zero-order valence-corrected chi connectivity index (χ0v) is 19.0. The molecule has 2 rings (SSSR count). The van der Waals surface area contributed by atoms with Crippen molar-refractivity contribution in [3.63, 3.8) is 0 Å². The molecule has 8 heteroatoms. The van der Waals surface area contributed by atoms with Gasteiger partial charge in [-0.2, -0.15) is 0 Å². The minimum Gasteiger partial charge on any atom is -0.493 e. The van der Waals surface area contributed by atoms with Crippen molar-refractivity contribution in [3.8, 4) is 11.5 Å². The molecule has 0 bridgehead atoms. The molecule has 2 aromatic rings. The van der Waals surface area contributed by atoms with Crippen molar-refractivity contribution in [2.75, 3.05) is 24.2 Å². The molecule has 2 aromatic carbocycles. The number of ether oxygens (including phenoxy) is 2. The van der Waals surface area contributed by atoms with E-state index in [1.54, 1.807) is 31.4 Å². The summed E-state index contributed by atoms with van der Waals surface area (Å²) in [6, 6.07) is 12.6. The van der Waals surface area contributed by atoms with Gasteiger partial charge < -0.3 is 14.8 Å². The van der Waals surface area contributed by atoms with Crippen molar-refractivity contribution in [1.82, 2.24) is 5.32 Å². The van der Waals surface area contributed by atoms with Crippen molar-refractivity contribution >= 4 is 21.6 Å². The lowest BCUT2D eigenvalue weighted by Crippen LogP contribution is -2.40. The van der Waals surface area contributed by atoms with Gasteiger partial charge in [0.25, 0.3) is 0 Å². The lowest BCUT2D eigenvalue weighted by molar-refractivity contribution is -0.119. The van der Waals surface area contributed by atoms with Gasteiger partial charge in [0.1, 0.15) is 6.54 Å². The molecule has 0 spiro atoms. The molecule has 0 aromatic heterocycles. The number of hydrogen-bond donors (Lipinski definition) is 1. The second kappa shape index (κ2) is 10.3. The number of sulfonamides is 1. The number of rotatable bonds is 10. The Balaban J connectivity index is 2.11. The van der Waals surface area contributed by atoms with Crippen molar-refractivity contribution in [2.45, 2.75) is 39.8 Å².